The summed E-state index contributed by atoms with van der Waals surface area (Å²) in [5, 5.41) is 0.393. The van der Waals surface area contributed by atoms with E-state index >= 15 is 8.78 Å². The van der Waals surface area contributed by atoms with Crippen LogP contribution in [0.15, 0.2) is 41.3 Å². The molecule has 15 heteroatoms. The molecule has 44 heavy (non-hydrogen) atoms. The lowest BCUT2D eigenvalue weighted by Crippen LogP contribution is -2.67. The van der Waals surface area contributed by atoms with Gasteiger partial charge in [0.15, 0.2) is 22.9 Å². The van der Waals surface area contributed by atoms with Crippen molar-refractivity contribution in [3.05, 3.63) is 53.1 Å². The molecule has 2 bridgehead atoms. The van der Waals surface area contributed by atoms with Gasteiger partial charge in [0.1, 0.15) is 12.4 Å². The molecule has 0 spiro atoms. The molecule has 2 atom stereocenters. The Morgan fingerprint density at radius 2 is 1.70 bits per heavy atom. The molecule has 1 amide bonds. The molecule has 0 N–H and O–H groups in total. The summed E-state index contributed by atoms with van der Waals surface area (Å²) in [4.78, 5) is 31.5. The van der Waals surface area contributed by atoms with Crippen molar-refractivity contribution in [2.24, 2.45) is 0 Å². The van der Waals surface area contributed by atoms with Crippen LogP contribution in [0.4, 0.5) is 13.6 Å². The molecular weight excluding hydrogens is 622 g/mol. The lowest BCUT2D eigenvalue weighted by molar-refractivity contribution is -0.156. The Kier molecular flexibility index (Phi) is 9.66. The van der Waals surface area contributed by atoms with E-state index in [1.54, 1.807) is 6.92 Å². The predicted molar refractivity (Wildman–Crippen MR) is 156 cm³/mol. The average molecular weight is 657 g/mol. The average Bonchev–Trinajstić information content (AvgIpc) is 3.25. The second-order valence-electron chi connectivity index (χ2n) is 11.2. The summed E-state index contributed by atoms with van der Waals surface area (Å²) in [5.74, 6) is -4.05. The normalized spacial score (nSPS) is 23.0. The maximum Gasteiger partial charge on any atom is 0.409 e. The van der Waals surface area contributed by atoms with Crippen LogP contribution in [-0.2, 0) is 24.3 Å². The number of hydrogen-bond acceptors (Lipinski definition) is 9. The van der Waals surface area contributed by atoms with Crippen molar-refractivity contribution in [2.45, 2.75) is 36.2 Å². The number of amides is 1. The number of carbonyl (C=O) groups excluding carboxylic acids is 2. The van der Waals surface area contributed by atoms with Crippen LogP contribution in [0, 0.1) is 11.6 Å². The topological polar surface area (TPSA) is 109 Å². The molecule has 0 saturated carbocycles. The highest BCUT2D eigenvalue weighted by Gasteiger charge is 2.62. The lowest BCUT2D eigenvalue weighted by atomic mass is 9.97. The van der Waals surface area contributed by atoms with Crippen molar-refractivity contribution < 1.29 is 41.0 Å². The number of nitrogens with zero attached hydrogens (tertiary/aromatic N) is 4. The smallest absolute Gasteiger partial charge is 0.409 e. The number of piperazine rings is 2. The Morgan fingerprint density at radius 1 is 1.05 bits per heavy atom. The van der Waals surface area contributed by atoms with E-state index < -0.39 is 55.9 Å². The third-order valence-corrected chi connectivity index (χ3v) is 10.5. The summed E-state index contributed by atoms with van der Waals surface area (Å²) in [6.07, 6.45) is -0.382. The Hall–Kier alpha value is -3.04. The fourth-order valence-electron chi connectivity index (χ4n) is 5.96. The summed E-state index contributed by atoms with van der Waals surface area (Å²) in [6, 6.07) is 6.22. The first-order chi connectivity index (χ1) is 20.9. The fraction of sp³-hybridized carbons (Fsp3) is 0.517. The number of sulfonamides is 1. The van der Waals surface area contributed by atoms with Crippen molar-refractivity contribution >= 4 is 33.7 Å². The Labute approximate surface area is 260 Å². The zero-order chi connectivity index (χ0) is 31.6. The number of likely N-dealkylation sites (N-methyl/N-ethyl adjacent to an activating group) is 1. The van der Waals surface area contributed by atoms with Gasteiger partial charge in [0.05, 0.1) is 18.0 Å². The number of likely N-dealkylation sites (tertiary alicyclic amines) is 1. The zero-order valence-corrected chi connectivity index (χ0v) is 26.1. The Morgan fingerprint density at radius 3 is 2.34 bits per heavy atom. The number of carbonyl (C=O) groups is 2. The molecule has 2 aromatic carbocycles. The molecule has 3 saturated heterocycles. The van der Waals surface area contributed by atoms with Gasteiger partial charge in [0, 0.05) is 50.3 Å². The molecule has 2 aromatic rings. The minimum atomic E-state index is -4.65. The first kappa shape index (κ1) is 32.4. The Bertz CT molecular complexity index is 1470. The van der Waals surface area contributed by atoms with Crippen molar-refractivity contribution in [2.75, 3.05) is 66.1 Å². The van der Waals surface area contributed by atoms with Gasteiger partial charge in [-0.2, -0.15) is 4.31 Å². The van der Waals surface area contributed by atoms with Crippen molar-refractivity contribution in [1.29, 1.82) is 0 Å². The summed E-state index contributed by atoms with van der Waals surface area (Å²) in [7, 11) is -2.61. The molecule has 2 unspecified atom stereocenters. The molecule has 3 aliphatic rings. The summed E-state index contributed by atoms with van der Waals surface area (Å²) in [6.45, 7) is 5.40. The molecule has 240 valence electrons. The van der Waals surface area contributed by atoms with Gasteiger partial charge in [-0.3, -0.25) is 4.90 Å². The largest absolute Gasteiger partial charge is 0.465 e. The van der Waals surface area contributed by atoms with Gasteiger partial charge in [-0.1, -0.05) is 11.6 Å². The van der Waals surface area contributed by atoms with E-state index in [1.165, 1.54) is 29.2 Å². The van der Waals surface area contributed by atoms with Gasteiger partial charge in [-0.05, 0) is 63.2 Å². The van der Waals surface area contributed by atoms with E-state index in [0.29, 0.717) is 23.7 Å². The van der Waals surface area contributed by atoms with Crippen molar-refractivity contribution in [3.63, 3.8) is 0 Å². The van der Waals surface area contributed by atoms with Crippen LogP contribution >= 0.6 is 11.6 Å². The van der Waals surface area contributed by atoms with E-state index in [2.05, 4.69) is 9.80 Å². The highest BCUT2D eigenvalue weighted by atomic mass is 35.5. The molecule has 11 nitrogen and oxygen atoms in total. The SMILES string of the molecule is CCOC(=O)C12CCC(CN(C(=O)OCCN3CCN(C)CC3)C1)N2S(=O)(=O)c1cc(F)c(Oc2ccc(Cl)cc2)c(F)c1. The fourth-order valence-corrected chi connectivity index (χ4v) is 8.07. The lowest BCUT2D eigenvalue weighted by Gasteiger charge is -2.45. The second-order valence-corrected chi connectivity index (χ2v) is 13.4. The Balaban J connectivity index is 1.36. The summed E-state index contributed by atoms with van der Waals surface area (Å²) < 4.78 is 75.4. The van der Waals surface area contributed by atoms with Crippen molar-refractivity contribution in [1.82, 2.24) is 19.0 Å². The number of rotatable bonds is 9. The predicted octanol–water partition coefficient (Wildman–Crippen LogP) is 3.57. The van der Waals surface area contributed by atoms with Gasteiger partial charge < -0.3 is 24.0 Å². The van der Waals surface area contributed by atoms with E-state index in [9.17, 15) is 18.0 Å². The minimum absolute atomic E-state index is 0.0331. The molecule has 0 aromatic heterocycles. The second kappa shape index (κ2) is 13.1. The first-order valence-electron chi connectivity index (χ1n) is 14.4. The van der Waals surface area contributed by atoms with Gasteiger partial charge >= 0.3 is 12.1 Å². The van der Waals surface area contributed by atoms with E-state index in [4.69, 9.17) is 25.8 Å². The van der Waals surface area contributed by atoms with Crippen LogP contribution in [-0.4, -0.2) is 117 Å². The zero-order valence-electron chi connectivity index (χ0n) is 24.5. The molecule has 3 heterocycles. The first-order valence-corrected chi connectivity index (χ1v) is 16.2. The highest BCUT2D eigenvalue weighted by molar-refractivity contribution is 7.89. The van der Waals surface area contributed by atoms with E-state index in [1.807, 2.05) is 7.05 Å². The quantitative estimate of drug-likeness (QED) is 0.375. The summed E-state index contributed by atoms with van der Waals surface area (Å²) >= 11 is 5.85. The van der Waals surface area contributed by atoms with Crippen molar-refractivity contribution in [3.8, 4) is 11.5 Å². The third-order valence-electron chi connectivity index (χ3n) is 8.23. The van der Waals surface area contributed by atoms with Gasteiger partial charge in [0.2, 0.25) is 10.0 Å². The van der Waals surface area contributed by atoms with E-state index in [-0.39, 0.29) is 44.9 Å². The maximum atomic E-state index is 15.2. The van der Waals surface area contributed by atoms with Crippen LogP contribution in [0.2, 0.25) is 5.02 Å². The summed E-state index contributed by atoms with van der Waals surface area (Å²) in [5.41, 5.74) is -1.79. The molecular formula is C29H35ClF2N4O7S. The number of benzene rings is 2. The molecule has 0 radical (unpaired) electrons. The number of halogens is 3. The van der Waals surface area contributed by atoms with Gasteiger partial charge in [-0.15, -0.1) is 0 Å². The van der Waals surface area contributed by atoms with Gasteiger partial charge in [0.25, 0.3) is 0 Å². The number of esters is 1. The van der Waals surface area contributed by atoms with Crippen LogP contribution < -0.4 is 4.74 Å². The van der Waals surface area contributed by atoms with Crippen LogP contribution in [0.3, 0.4) is 0 Å². The standard InChI is InChI=1S/C29H35ClF2N4O7S/c1-3-41-27(37)29-9-8-21(18-35(19-29)28(38)42-15-14-34-12-10-33(2)11-13-34)36(29)44(39,40)23-16-24(31)26(25(32)17-23)43-22-6-4-20(30)5-7-22/h4-7,16-17,21H,3,8-15,18-19H2,1-2H3. The van der Waals surface area contributed by atoms with Crippen LogP contribution in [0.5, 0.6) is 11.5 Å². The van der Waals surface area contributed by atoms with Gasteiger partial charge in [-0.25, -0.2) is 26.8 Å². The number of fused-ring (bicyclic) bond motifs is 2. The van der Waals surface area contributed by atoms with E-state index in [0.717, 1.165) is 30.5 Å². The van der Waals surface area contributed by atoms with Crippen LogP contribution in [0.1, 0.15) is 19.8 Å². The number of hydrogen-bond donors (Lipinski definition) is 0. The molecule has 3 aliphatic heterocycles. The maximum absolute atomic E-state index is 15.2. The molecule has 5 rings (SSSR count). The molecule has 3 fully saturated rings. The highest BCUT2D eigenvalue weighted by Crippen LogP contribution is 2.45. The molecule has 0 aliphatic carbocycles. The van der Waals surface area contributed by atoms with Crippen LogP contribution in [0.25, 0.3) is 0 Å². The minimum Gasteiger partial charge on any atom is -0.465 e. The third kappa shape index (κ3) is 6.50. The monoisotopic (exact) mass is 656 g/mol. The number of ether oxygens (including phenoxy) is 3.